The average Bonchev–Trinajstić information content (AvgIpc) is 2.24. The highest BCUT2D eigenvalue weighted by molar-refractivity contribution is 6.35. The van der Waals surface area contributed by atoms with Gasteiger partial charge in [-0.1, -0.05) is 23.2 Å². The standard InChI is InChI=1S/C12H15Cl2FN2O/c1-7(2)17-11(18)3-4-16-8-5-9(13)12(15)10(14)6-8/h5-7,16H,3-4H2,1-2H3,(H,17,18). The topological polar surface area (TPSA) is 41.1 Å². The molecule has 18 heavy (non-hydrogen) atoms. The highest BCUT2D eigenvalue weighted by Crippen LogP contribution is 2.27. The van der Waals surface area contributed by atoms with Crippen LogP contribution in [0.3, 0.4) is 0 Å². The lowest BCUT2D eigenvalue weighted by Gasteiger charge is -2.10. The van der Waals surface area contributed by atoms with E-state index in [4.69, 9.17) is 23.2 Å². The first kappa shape index (κ1) is 15.1. The van der Waals surface area contributed by atoms with Gasteiger partial charge in [0.05, 0.1) is 10.0 Å². The lowest BCUT2D eigenvalue weighted by Crippen LogP contribution is -2.31. The summed E-state index contributed by atoms with van der Waals surface area (Å²) in [6.07, 6.45) is 0.324. The minimum Gasteiger partial charge on any atom is -0.384 e. The van der Waals surface area contributed by atoms with E-state index < -0.39 is 5.82 Å². The second kappa shape index (κ2) is 6.81. The van der Waals surface area contributed by atoms with Gasteiger partial charge in [-0.05, 0) is 26.0 Å². The molecule has 1 aromatic carbocycles. The van der Waals surface area contributed by atoms with Crippen molar-refractivity contribution in [3.63, 3.8) is 0 Å². The maximum Gasteiger partial charge on any atom is 0.221 e. The van der Waals surface area contributed by atoms with Crippen LogP contribution < -0.4 is 10.6 Å². The number of anilines is 1. The predicted molar refractivity (Wildman–Crippen MR) is 72.8 cm³/mol. The number of benzene rings is 1. The van der Waals surface area contributed by atoms with E-state index in [1.807, 2.05) is 13.8 Å². The number of hydrogen-bond acceptors (Lipinski definition) is 2. The minimum absolute atomic E-state index is 0.0446. The van der Waals surface area contributed by atoms with Gasteiger partial charge in [0.15, 0.2) is 5.82 Å². The van der Waals surface area contributed by atoms with Crippen molar-refractivity contribution in [3.05, 3.63) is 28.0 Å². The van der Waals surface area contributed by atoms with Crippen LogP contribution in [-0.2, 0) is 4.79 Å². The number of carbonyl (C=O) groups excluding carboxylic acids is 1. The largest absolute Gasteiger partial charge is 0.384 e. The summed E-state index contributed by atoms with van der Waals surface area (Å²) in [7, 11) is 0. The van der Waals surface area contributed by atoms with Crippen molar-refractivity contribution in [1.82, 2.24) is 5.32 Å². The van der Waals surface area contributed by atoms with E-state index in [0.29, 0.717) is 18.7 Å². The molecule has 6 heteroatoms. The summed E-state index contributed by atoms with van der Waals surface area (Å²) in [5.41, 5.74) is 0.587. The van der Waals surface area contributed by atoms with Crippen molar-refractivity contribution in [2.24, 2.45) is 0 Å². The summed E-state index contributed by atoms with van der Waals surface area (Å²) in [5.74, 6) is -0.682. The van der Waals surface area contributed by atoms with Crippen LogP contribution in [-0.4, -0.2) is 18.5 Å². The van der Waals surface area contributed by atoms with Crippen LogP contribution >= 0.6 is 23.2 Å². The molecular formula is C12H15Cl2FN2O. The molecule has 0 unspecified atom stereocenters. The zero-order chi connectivity index (χ0) is 13.7. The molecule has 0 fully saturated rings. The Hall–Kier alpha value is -1.00. The number of halogens is 3. The zero-order valence-corrected chi connectivity index (χ0v) is 11.7. The summed E-state index contributed by atoms with van der Waals surface area (Å²) in [6, 6.07) is 2.99. The van der Waals surface area contributed by atoms with E-state index in [-0.39, 0.29) is 22.0 Å². The predicted octanol–water partition coefficient (Wildman–Crippen LogP) is 3.46. The van der Waals surface area contributed by atoms with Crippen molar-refractivity contribution < 1.29 is 9.18 Å². The maximum atomic E-state index is 13.1. The molecule has 0 aliphatic heterocycles. The SMILES string of the molecule is CC(C)NC(=O)CCNc1cc(Cl)c(F)c(Cl)c1. The molecule has 2 N–H and O–H groups in total. The molecule has 0 aliphatic rings. The summed E-state index contributed by atoms with van der Waals surface area (Å²) in [4.78, 5) is 11.4. The Morgan fingerprint density at radius 2 is 1.89 bits per heavy atom. The molecule has 0 bridgehead atoms. The van der Waals surface area contributed by atoms with Gasteiger partial charge in [0.2, 0.25) is 5.91 Å². The van der Waals surface area contributed by atoms with Crippen LogP contribution in [0.15, 0.2) is 12.1 Å². The van der Waals surface area contributed by atoms with Gasteiger partial charge in [-0.2, -0.15) is 0 Å². The van der Waals surface area contributed by atoms with Gasteiger partial charge in [0, 0.05) is 24.7 Å². The fraction of sp³-hybridized carbons (Fsp3) is 0.417. The molecule has 0 aromatic heterocycles. The molecule has 0 saturated carbocycles. The van der Waals surface area contributed by atoms with Gasteiger partial charge < -0.3 is 10.6 Å². The first-order valence-electron chi connectivity index (χ1n) is 5.58. The molecule has 1 aromatic rings. The highest BCUT2D eigenvalue weighted by Gasteiger charge is 2.08. The average molecular weight is 293 g/mol. The monoisotopic (exact) mass is 292 g/mol. The first-order valence-corrected chi connectivity index (χ1v) is 6.33. The van der Waals surface area contributed by atoms with Crippen LogP contribution in [0, 0.1) is 5.82 Å². The van der Waals surface area contributed by atoms with Gasteiger partial charge in [-0.15, -0.1) is 0 Å². The fourth-order valence-electron chi connectivity index (χ4n) is 1.37. The van der Waals surface area contributed by atoms with Gasteiger partial charge in [-0.25, -0.2) is 4.39 Å². The van der Waals surface area contributed by atoms with Gasteiger partial charge in [0.25, 0.3) is 0 Å². The Labute approximate surface area is 116 Å². The molecule has 0 heterocycles. The first-order chi connectivity index (χ1) is 8.40. The quantitative estimate of drug-likeness (QED) is 0.816. The molecule has 0 spiro atoms. The zero-order valence-electron chi connectivity index (χ0n) is 10.2. The van der Waals surface area contributed by atoms with E-state index in [1.165, 1.54) is 12.1 Å². The Morgan fingerprint density at radius 3 is 2.39 bits per heavy atom. The third kappa shape index (κ3) is 4.70. The second-order valence-electron chi connectivity index (χ2n) is 4.15. The molecule has 3 nitrogen and oxygen atoms in total. The van der Waals surface area contributed by atoms with Crippen LogP contribution in [0.25, 0.3) is 0 Å². The van der Waals surface area contributed by atoms with E-state index in [0.717, 1.165) is 0 Å². The minimum atomic E-state index is -0.638. The normalized spacial score (nSPS) is 10.6. The van der Waals surface area contributed by atoms with E-state index in [1.54, 1.807) is 0 Å². The number of carbonyl (C=O) groups is 1. The van der Waals surface area contributed by atoms with Crippen LogP contribution in [0.2, 0.25) is 10.0 Å². The fourth-order valence-corrected chi connectivity index (χ4v) is 1.86. The van der Waals surface area contributed by atoms with E-state index >= 15 is 0 Å². The van der Waals surface area contributed by atoms with Crippen molar-refractivity contribution in [2.75, 3.05) is 11.9 Å². The molecule has 0 aliphatic carbocycles. The Balaban J connectivity index is 2.47. The summed E-state index contributed by atoms with van der Waals surface area (Å²) < 4.78 is 13.1. The summed E-state index contributed by atoms with van der Waals surface area (Å²) in [6.45, 7) is 4.21. The maximum absolute atomic E-state index is 13.1. The lowest BCUT2D eigenvalue weighted by molar-refractivity contribution is -0.121. The third-order valence-corrected chi connectivity index (χ3v) is 2.66. The smallest absolute Gasteiger partial charge is 0.221 e. The summed E-state index contributed by atoms with van der Waals surface area (Å²) in [5, 5.41) is 5.64. The third-order valence-electron chi connectivity index (χ3n) is 2.11. The van der Waals surface area contributed by atoms with Crippen molar-refractivity contribution in [2.45, 2.75) is 26.3 Å². The van der Waals surface area contributed by atoms with Crippen LogP contribution in [0.1, 0.15) is 20.3 Å². The van der Waals surface area contributed by atoms with Crippen molar-refractivity contribution >= 4 is 34.8 Å². The summed E-state index contributed by atoms with van der Waals surface area (Å²) >= 11 is 11.3. The van der Waals surface area contributed by atoms with E-state index in [9.17, 15) is 9.18 Å². The lowest BCUT2D eigenvalue weighted by atomic mass is 10.3. The molecule has 100 valence electrons. The number of hydrogen-bond donors (Lipinski definition) is 2. The highest BCUT2D eigenvalue weighted by atomic mass is 35.5. The van der Waals surface area contributed by atoms with Crippen molar-refractivity contribution in [1.29, 1.82) is 0 Å². The number of amides is 1. The Morgan fingerprint density at radius 1 is 1.33 bits per heavy atom. The van der Waals surface area contributed by atoms with E-state index in [2.05, 4.69) is 10.6 Å². The Bertz CT molecular complexity index is 415. The van der Waals surface area contributed by atoms with Crippen LogP contribution in [0.5, 0.6) is 0 Å². The number of nitrogens with one attached hydrogen (secondary N) is 2. The molecule has 0 saturated heterocycles. The van der Waals surface area contributed by atoms with Gasteiger partial charge in [0.1, 0.15) is 0 Å². The molecule has 0 atom stereocenters. The second-order valence-corrected chi connectivity index (χ2v) is 4.97. The number of rotatable bonds is 5. The van der Waals surface area contributed by atoms with Crippen molar-refractivity contribution in [3.8, 4) is 0 Å². The Kier molecular flexibility index (Phi) is 5.69. The molecule has 0 radical (unpaired) electrons. The van der Waals surface area contributed by atoms with Crippen LogP contribution in [0.4, 0.5) is 10.1 Å². The molecule has 1 rings (SSSR count). The molecule has 1 amide bonds. The van der Waals surface area contributed by atoms with Gasteiger partial charge in [-0.3, -0.25) is 4.79 Å². The van der Waals surface area contributed by atoms with Gasteiger partial charge >= 0.3 is 0 Å². The molecular weight excluding hydrogens is 278 g/mol.